The van der Waals surface area contributed by atoms with Crippen LogP contribution in [0.1, 0.15) is 11.1 Å². The Morgan fingerprint density at radius 2 is 1.79 bits per heavy atom. The molecule has 0 aliphatic rings. The summed E-state index contributed by atoms with van der Waals surface area (Å²) in [4.78, 5) is 19.5. The third kappa shape index (κ3) is 6.20. The quantitative estimate of drug-likeness (QED) is 0.308. The molecule has 0 atom stereocenters. The number of nitrogens with one attached hydrogen (secondary N) is 1. The van der Waals surface area contributed by atoms with Gasteiger partial charge in [-0.1, -0.05) is 58.4 Å². The van der Waals surface area contributed by atoms with E-state index in [-0.39, 0.29) is 0 Å². The number of hydrogen-bond acceptors (Lipinski definition) is 6. The van der Waals surface area contributed by atoms with Crippen LogP contribution in [0.3, 0.4) is 0 Å². The minimum Gasteiger partial charge on any atom is -0.489 e. The van der Waals surface area contributed by atoms with E-state index in [1.54, 1.807) is 6.07 Å². The van der Waals surface area contributed by atoms with E-state index in [9.17, 15) is 4.79 Å². The van der Waals surface area contributed by atoms with Gasteiger partial charge in [-0.2, -0.15) is 0 Å². The molecule has 0 saturated carbocycles. The molecule has 168 valence electrons. The zero-order valence-corrected chi connectivity index (χ0v) is 19.3. The minimum absolute atomic E-state index is 0.385. The van der Waals surface area contributed by atoms with Gasteiger partial charge in [0.2, 0.25) is 0 Å². The van der Waals surface area contributed by atoms with E-state index < -0.39 is 12.6 Å². The van der Waals surface area contributed by atoms with Gasteiger partial charge in [0.25, 0.3) is 0 Å². The molecule has 1 aromatic heterocycles. The van der Waals surface area contributed by atoms with E-state index in [1.807, 2.05) is 54.6 Å². The van der Waals surface area contributed by atoms with Crippen LogP contribution in [-0.4, -0.2) is 34.2 Å². The molecule has 0 spiro atoms. The molecule has 0 aliphatic carbocycles. The summed E-state index contributed by atoms with van der Waals surface area (Å²) in [5, 5.41) is 13.0. The Bertz CT molecular complexity index is 1250. The van der Waals surface area contributed by atoms with Crippen LogP contribution in [0.5, 0.6) is 11.5 Å². The first-order chi connectivity index (χ1) is 16.1. The molecule has 7 nitrogen and oxygen atoms in total. The van der Waals surface area contributed by atoms with Crippen LogP contribution in [0.4, 0.5) is 5.82 Å². The van der Waals surface area contributed by atoms with Crippen molar-refractivity contribution < 1.29 is 19.4 Å². The molecule has 0 fully saturated rings. The van der Waals surface area contributed by atoms with Gasteiger partial charge in [-0.15, -0.1) is 0 Å². The number of hydrogen-bond donors (Lipinski definition) is 2. The molecular weight excluding hydrogens is 486 g/mol. The molecule has 0 aliphatic heterocycles. The minimum atomic E-state index is -1.05. The Morgan fingerprint density at radius 1 is 0.970 bits per heavy atom. The second-order valence-corrected chi connectivity index (χ2v) is 8.22. The molecule has 4 rings (SSSR count). The maximum Gasteiger partial charge on any atom is 0.341 e. The Labute approximate surface area is 199 Å². The van der Waals surface area contributed by atoms with Crippen molar-refractivity contribution in [3.05, 3.63) is 88.7 Å². The molecule has 3 aromatic carbocycles. The number of carboxylic acids is 1. The summed E-state index contributed by atoms with van der Waals surface area (Å²) in [6.45, 7) is 0.726. The number of anilines is 1. The van der Waals surface area contributed by atoms with Crippen LogP contribution in [0, 0.1) is 0 Å². The Hall–Kier alpha value is -3.65. The summed E-state index contributed by atoms with van der Waals surface area (Å²) < 4.78 is 12.1. The largest absolute Gasteiger partial charge is 0.489 e. The number of aliphatic carboxylic acids is 1. The maximum absolute atomic E-state index is 10.9. The number of carbonyl (C=O) groups is 1. The normalized spacial score (nSPS) is 10.7. The molecular formula is C25H22BrN3O4. The average molecular weight is 508 g/mol. The van der Waals surface area contributed by atoms with Crippen molar-refractivity contribution in [2.24, 2.45) is 0 Å². The zero-order valence-electron chi connectivity index (χ0n) is 17.7. The van der Waals surface area contributed by atoms with Crippen molar-refractivity contribution in [3.63, 3.8) is 0 Å². The molecule has 0 amide bonds. The maximum atomic E-state index is 10.9. The monoisotopic (exact) mass is 507 g/mol. The van der Waals surface area contributed by atoms with Gasteiger partial charge in [0, 0.05) is 16.4 Å². The Kier molecular flexibility index (Phi) is 7.36. The first-order valence-electron chi connectivity index (χ1n) is 10.4. The highest BCUT2D eigenvalue weighted by molar-refractivity contribution is 9.10. The molecule has 2 N–H and O–H groups in total. The van der Waals surface area contributed by atoms with Gasteiger partial charge >= 0.3 is 5.97 Å². The first kappa shape index (κ1) is 22.5. The van der Waals surface area contributed by atoms with Crippen molar-refractivity contribution in [1.82, 2.24) is 9.97 Å². The summed E-state index contributed by atoms with van der Waals surface area (Å²) in [7, 11) is 0. The SMILES string of the molecule is O=C(O)COc1cc(Br)cc2c(NCCc3cccc(OCc4ccccc4)c3)ncnc12. The van der Waals surface area contributed by atoms with Crippen LogP contribution in [0.15, 0.2) is 77.5 Å². The molecule has 4 aromatic rings. The number of benzene rings is 3. The molecule has 0 unspecified atom stereocenters. The van der Waals surface area contributed by atoms with Crippen molar-refractivity contribution >= 4 is 38.6 Å². The average Bonchev–Trinajstić information content (AvgIpc) is 2.82. The van der Waals surface area contributed by atoms with Gasteiger partial charge < -0.3 is 19.9 Å². The van der Waals surface area contributed by atoms with Crippen molar-refractivity contribution in [3.8, 4) is 11.5 Å². The Balaban J connectivity index is 1.41. The van der Waals surface area contributed by atoms with E-state index in [4.69, 9.17) is 14.6 Å². The number of rotatable bonds is 10. The van der Waals surface area contributed by atoms with Crippen LogP contribution >= 0.6 is 15.9 Å². The lowest BCUT2D eigenvalue weighted by molar-refractivity contribution is -0.139. The van der Waals surface area contributed by atoms with Crippen molar-refractivity contribution in [1.29, 1.82) is 0 Å². The molecule has 0 bridgehead atoms. The fourth-order valence-electron chi connectivity index (χ4n) is 3.35. The number of halogens is 1. The highest BCUT2D eigenvalue weighted by atomic mass is 79.9. The second-order valence-electron chi connectivity index (χ2n) is 7.30. The van der Waals surface area contributed by atoms with Crippen LogP contribution in [0.25, 0.3) is 10.9 Å². The third-order valence-electron chi connectivity index (χ3n) is 4.87. The number of fused-ring (bicyclic) bond motifs is 1. The number of nitrogens with zero attached hydrogens (tertiary/aromatic N) is 2. The zero-order chi connectivity index (χ0) is 23.0. The third-order valence-corrected chi connectivity index (χ3v) is 5.33. The smallest absolute Gasteiger partial charge is 0.341 e. The van der Waals surface area contributed by atoms with Gasteiger partial charge in [-0.3, -0.25) is 0 Å². The van der Waals surface area contributed by atoms with Crippen molar-refractivity contribution in [2.45, 2.75) is 13.0 Å². The van der Waals surface area contributed by atoms with Crippen molar-refractivity contribution in [2.75, 3.05) is 18.5 Å². The molecule has 8 heteroatoms. The summed E-state index contributed by atoms with van der Waals surface area (Å²) in [5.41, 5.74) is 2.81. The topological polar surface area (TPSA) is 93.6 Å². The number of ether oxygens (including phenoxy) is 2. The van der Waals surface area contributed by atoms with Gasteiger partial charge in [0.1, 0.15) is 35.8 Å². The van der Waals surface area contributed by atoms with Crippen LogP contribution in [-0.2, 0) is 17.8 Å². The van der Waals surface area contributed by atoms with Gasteiger partial charge in [-0.05, 0) is 41.8 Å². The van der Waals surface area contributed by atoms with Crippen LogP contribution in [0.2, 0.25) is 0 Å². The summed E-state index contributed by atoms with van der Waals surface area (Å²) in [6.07, 6.45) is 2.20. The lowest BCUT2D eigenvalue weighted by Crippen LogP contribution is -2.10. The summed E-state index contributed by atoms with van der Waals surface area (Å²) >= 11 is 3.44. The standard InChI is InChI=1S/C25H22BrN3O4/c26-19-12-21-24(22(13-19)33-15-23(30)31)28-16-29-25(21)27-10-9-17-7-4-8-20(11-17)32-14-18-5-2-1-3-6-18/h1-8,11-13,16H,9-10,14-15H2,(H,30,31)(H,27,28,29). The van der Waals surface area contributed by atoms with Gasteiger partial charge in [0.15, 0.2) is 6.61 Å². The summed E-state index contributed by atoms with van der Waals surface area (Å²) in [5.74, 6) is 0.812. The number of aromatic nitrogens is 2. The molecule has 0 radical (unpaired) electrons. The highest BCUT2D eigenvalue weighted by Gasteiger charge is 2.12. The predicted molar refractivity (Wildman–Crippen MR) is 130 cm³/mol. The van der Waals surface area contributed by atoms with E-state index in [0.717, 1.165) is 33.2 Å². The van der Waals surface area contributed by atoms with Gasteiger partial charge in [0.05, 0.1) is 0 Å². The van der Waals surface area contributed by atoms with Gasteiger partial charge in [-0.25, -0.2) is 14.8 Å². The fraction of sp³-hybridized carbons (Fsp3) is 0.160. The van der Waals surface area contributed by atoms with E-state index in [0.29, 0.717) is 30.2 Å². The second kappa shape index (κ2) is 10.8. The van der Waals surface area contributed by atoms with E-state index >= 15 is 0 Å². The predicted octanol–water partition coefficient (Wildman–Crippen LogP) is 5.09. The number of carboxylic acid groups (broad SMARTS) is 1. The summed E-state index contributed by atoms with van der Waals surface area (Å²) in [6, 6.07) is 21.7. The van der Waals surface area contributed by atoms with E-state index in [1.165, 1.54) is 6.33 Å². The first-order valence-corrected chi connectivity index (χ1v) is 11.2. The highest BCUT2D eigenvalue weighted by Crippen LogP contribution is 2.32. The lowest BCUT2D eigenvalue weighted by Gasteiger charge is -2.12. The lowest BCUT2D eigenvalue weighted by atomic mass is 10.1. The fourth-order valence-corrected chi connectivity index (χ4v) is 3.79. The molecule has 1 heterocycles. The van der Waals surface area contributed by atoms with E-state index in [2.05, 4.69) is 37.3 Å². The molecule has 0 saturated heterocycles. The van der Waals surface area contributed by atoms with Crippen LogP contribution < -0.4 is 14.8 Å². The molecule has 33 heavy (non-hydrogen) atoms. The Morgan fingerprint density at radius 3 is 2.61 bits per heavy atom.